The molecule has 17 heteroatoms. The molecular weight excluding hydrogens is 748 g/mol. The number of piperidine rings is 2. The summed E-state index contributed by atoms with van der Waals surface area (Å²) < 4.78 is 11.1. The average molecular weight is 815 g/mol. The third-order valence-electron chi connectivity index (χ3n) is 10.9. The van der Waals surface area contributed by atoms with Gasteiger partial charge >= 0.3 is 0 Å². The Bertz CT molecular complexity index is 1340. The molecule has 16 nitrogen and oxygen atoms in total. The number of nitrogens with two attached hydrogens (primary N) is 1. The zero-order valence-corrected chi connectivity index (χ0v) is 33.9. The molecule has 10 N–H and O–H groups in total. The molecule has 2 aliphatic rings. The number of amides is 3. The van der Waals surface area contributed by atoms with E-state index >= 15 is 0 Å². The van der Waals surface area contributed by atoms with Gasteiger partial charge in [-0.3, -0.25) is 14.4 Å². The maximum absolute atomic E-state index is 13.1. The number of benzene rings is 1. The van der Waals surface area contributed by atoms with E-state index in [4.69, 9.17) is 31.9 Å². The molecule has 3 rings (SSSR count). The van der Waals surface area contributed by atoms with Crippen molar-refractivity contribution < 1.29 is 49.4 Å². The molecule has 0 radical (unpaired) electrons. The van der Waals surface area contributed by atoms with E-state index in [1.807, 2.05) is 0 Å². The number of halogens is 1. The highest BCUT2D eigenvalue weighted by atomic mass is 35.5. The molecule has 2 aliphatic heterocycles. The molecular formula is C39H67ClN6O10. The predicted molar refractivity (Wildman–Crippen MR) is 213 cm³/mol. The minimum Gasteiger partial charge on any atom is -0.496 e. The van der Waals surface area contributed by atoms with Gasteiger partial charge in [0.2, 0.25) is 11.8 Å². The zero-order chi connectivity index (χ0) is 41.0. The van der Waals surface area contributed by atoms with Gasteiger partial charge in [0, 0.05) is 64.8 Å². The maximum atomic E-state index is 13.1. The number of ether oxygens (including phenoxy) is 2. The SMILES string of the molecule is COc1cc(N)c(Cl)cc1C(=O)N[C@@H]1CCN(CCCCCC(=O)NC2CCN(CCCCCCCC(=O)NC[C@H](O)[C@@H](O)[C@H](O)[C@H](O)CO)CC2)C[C@@H]1OC. The predicted octanol–water partition coefficient (Wildman–Crippen LogP) is 0.784. The summed E-state index contributed by atoms with van der Waals surface area (Å²) in [6, 6.07) is 3.14. The van der Waals surface area contributed by atoms with Gasteiger partial charge in [-0.25, -0.2) is 0 Å². The van der Waals surface area contributed by atoms with E-state index in [2.05, 4.69) is 25.8 Å². The molecule has 0 saturated carbocycles. The van der Waals surface area contributed by atoms with Crippen molar-refractivity contribution in [2.45, 2.75) is 126 Å². The number of carbonyl (C=O) groups is 3. The second kappa shape index (κ2) is 25.5. The number of nitrogens with one attached hydrogen (secondary N) is 3. The summed E-state index contributed by atoms with van der Waals surface area (Å²) in [4.78, 5) is 42.6. The molecule has 1 aromatic rings. The van der Waals surface area contributed by atoms with Gasteiger partial charge in [0.25, 0.3) is 5.91 Å². The number of methoxy groups -OCH3 is 2. The first-order chi connectivity index (χ1) is 26.9. The lowest BCUT2D eigenvalue weighted by Crippen LogP contribution is -2.54. The van der Waals surface area contributed by atoms with Crippen LogP contribution in [0.15, 0.2) is 12.1 Å². The fourth-order valence-corrected chi connectivity index (χ4v) is 7.45. The van der Waals surface area contributed by atoms with Crippen LogP contribution in [0.5, 0.6) is 5.75 Å². The lowest BCUT2D eigenvalue weighted by atomic mass is 10.00. The fourth-order valence-electron chi connectivity index (χ4n) is 7.29. The van der Waals surface area contributed by atoms with Crippen LogP contribution < -0.4 is 26.4 Å². The van der Waals surface area contributed by atoms with Crippen LogP contribution in [0.25, 0.3) is 0 Å². The summed E-state index contributed by atoms with van der Waals surface area (Å²) >= 11 is 6.16. The minimum absolute atomic E-state index is 0.123. The molecule has 320 valence electrons. The summed E-state index contributed by atoms with van der Waals surface area (Å²) in [5.41, 5.74) is 6.54. The second-order valence-electron chi connectivity index (χ2n) is 15.1. The van der Waals surface area contributed by atoms with Crippen LogP contribution in [0, 0.1) is 0 Å². The highest BCUT2D eigenvalue weighted by Gasteiger charge is 2.32. The first-order valence-electron chi connectivity index (χ1n) is 20.2. The van der Waals surface area contributed by atoms with E-state index in [9.17, 15) is 34.8 Å². The molecule has 3 amide bonds. The number of likely N-dealkylation sites (tertiary alicyclic amines) is 2. The normalized spacial score (nSPS) is 20.5. The molecule has 6 atom stereocenters. The van der Waals surface area contributed by atoms with Gasteiger partial charge in [-0.2, -0.15) is 0 Å². The first kappa shape index (κ1) is 47.6. The van der Waals surface area contributed by atoms with Crippen LogP contribution in [-0.2, 0) is 14.3 Å². The van der Waals surface area contributed by atoms with Gasteiger partial charge in [0.15, 0.2) is 0 Å². The number of nitrogens with zero attached hydrogens (tertiary/aromatic N) is 2. The Morgan fingerprint density at radius 2 is 1.41 bits per heavy atom. The van der Waals surface area contributed by atoms with E-state index in [0.29, 0.717) is 47.8 Å². The van der Waals surface area contributed by atoms with Crippen LogP contribution in [0.3, 0.4) is 0 Å². The quantitative estimate of drug-likeness (QED) is 0.0491. The van der Waals surface area contributed by atoms with Crippen molar-refractivity contribution in [3.05, 3.63) is 22.7 Å². The van der Waals surface area contributed by atoms with Gasteiger partial charge in [-0.1, -0.05) is 37.3 Å². The fraction of sp³-hybridized carbons (Fsp3) is 0.769. The van der Waals surface area contributed by atoms with E-state index in [1.165, 1.54) is 13.2 Å². The van der Waals surface area contributed by atoms with Crippen LogP contribution in [-0.4, -0.2) is 162 Å². The standard InChI is InChI=1S/C39H67ClN6O10/c1-55-33-22-29(41)28(40)21-27(33)39(54)44-30-15-20-46(24-34(30)56-2)17-10-6-8-12-36(51)43-26-13-18-45(19-14-26)16-9-5-3-4-7-11-35(50)42-23-31(48)37(52)38(53)32(49)25-47/h21-22,26,30-32,34,37-38,47-49,52-53H,3-20,23-25,41H2,1-2H3,(H,42,50)(H,43,51)(H,44,54)/t30-,31+,32-,34+,37-,38-/m1/s1. The zero-order valence-electron chi connectivity index (χ0n) is 33.2. The monoisotopic (exact) mass is 814 g/mol. The smallest absolute Gasteiger partial charge is 0.255 e. The number of hydrogen-bond acceptors (Lipinski definition) is 13. The minimum atomic E-state index is -1.72. The number of aliphatic hydroxyl groups is 5. The third kappa shape index (κ3) is 16.2. The summed E-state index contributed by atoms with van der Waals surface area (Å²) in [7, 11) is 3.15. The van der Waals surface area contributed by atoms with E-state index in [1.54, 1.807) is 13.2 Å². The van der Waals surface area contributed by atoms with Crippen molar-refractivity contribution in [3.63, 3.8) is 0 Å². The Kier molecular flexibility index (Phi) is 21.7. The summed E-state index contributed by atoms with van der Waals surface area (Å²) in [5, 5.41) is 56.7. The molecule has 0 spiro atoms. The van der Waals surface area contributed by atoms with Gasteiger partial charge in [-0.05, 0) is 64.1 Å². The molecule has 0 bridgehead atoms. The Morgan fingerprint density at radius 3 is 2.07 bits per heavy atom. The van der Waals surface area contributed by atoms with Crippen molar-refractivity contribution in [1.29, 1.82) is 0 Å². The molecule has 1 aromatic carbocycles. The molecule has 0 aliphatic carbocycles. The van der Waals surface area contributed by atoms with Crippen molar-refractivity contribution >= 4 is 35.0 Å². The first-order valence-corrected chi connectivity index (χ1v) is 20.5. The Morgan fingerprint density at radius 1 is 0.821 bits per heavy atom. The lowest BCUT2D eigenvalue weighted by Gasteiger charge is -2.38. The van der Waals surface area contributed by atoms with Gasteiger partial charge in [0.05, 0.1) is 48.2 Å². The van der Waals surface area contributed by atoms with Crippen molar-refractivity contribution in [2.24, 2.45) is 0 Å². The van der Waals surface area contributed by atoms with Crippen molar-refractivity contribution in [3.8, 4) is 5.75 Å². The van der Waals surface area contributed by atoms with E-state index < -0.39 is 31.0 Å². The number of rotatable bonds is 25. The van der Waals surface area contributed by atoms with E-state index in [-0.39, 0.29) is 42.5 Å². The van der Waals surface area contributed by atoms with Gasteiger partial charge in [-0.15, -0.1) is 0 Å². The Labute approximate surface area is 336 Å². The molecule has 0 aromatic heterocycles. The van der Waals surface area contributed by atoms with Crippen molar-refractivity contribution in [2.75, 3.05) is 72.4 Å². The van der Waals surface area contributed by atoms with Gasteiger partial charge < -0.3 is 66.5 Å². The summed E-state index contributed by atoms with van der Waals surface area (Å²) in [6.07, 6.45) is 4.41. The number of carbonyl (C=O) groups excluding carboxylic acids is 3. The highest BCUT2D eigenvalue weighted by molar-refractivity contribution is 6.33. The number of anilines is 1. The molecule has 2 saturated heterocycles. The Hall–Kier alpha value is -2.80. The van der Waals surface area contributed by atoms with E-state index in [0.717, 1.165) is 96.9 Å². The van der Waals surface area contributed by atoms with Crippen LogP contribution in [0.4, 0.5) is 5.69 Å². The maximum Gasteiger partial charge on any atom is 0.255 e. The third-order valence-corrected chi connectivity index (χ3v) is 11.2. The molecule has 56 heavy (non-hydrogen) atoms. The van der Waals surface area contributed by atoms with Crippen LogP contribution in [0.2, 0.25) is 5.02 Å². The molecule has 2 fully saturated rings. The number of hydrogen-bond donors (Lipinski definition) is 9. The lowest BCUT2D eigenvalue weighted by molar-refractivity contribution is -0.126. The van der Waals surface area contributed by atoms with Crippen LogP contribution >= 0.6 is 11.6 Å². The summed E-state index contributed by atoms with van der Waals surface area (Å²) in [6.45, 7) is 4.38. The molecule has 2 heterocycles. The largest absolute Gasteiger partial charge is 0.496 e. The average Bonchev–Trinajstić information content (AvgIpc) is 3.20. The Balaban J connectivity index is 1.17. The number of unbranched alkanes of at least 4 members (excludes halogenated alkanes) is 6. The number of aliphatic hydroxyl groups excluding tert-OH is 5. The van der Waals surface area contributed by atoms with Crippen LogP contribution in [0.1, 0.15) is 93.8 Å². The topological polar surface area (TPSA) is 239 Å². The second-order valence-corrected chi connectivity index (χ2v) is 15.5. The summed E-state index contributed by atoms with van der Waals surface area (Å²) in [5.74, 6) is -0.0549. The highest BCUT2D eigenvalue weighted by Crippen LogP contribution is 2.29. The van der Waals surface area contributed by atoms with Crippen molar-refractivity contribution in [1.82, 2.24) is 25.8 Å². The van der Waals surface area contributed by atoms with Gasteiger partial charge in [0.1, 0.15) is 24.1 Å². The number of nitrogen functional groups attached to an aromatic ring is 1. The molecule has 0 unspecified atom stereocenters.